The zero-order chi connectivity index (χ0) is 14.7. The van der Waals surface area contributed by atoms with E-state index in [1.807, 2.05) is 42.5 Å². The average molecular weight is 283 g/mol. The summed E-state index contributed by atoms with van der Waals surface area (Å²) in [6.45, 7) is 0.865. The van der Waals surface area contributed by atoms with Crippen molar-refractivity contribution in [1.29, 1.82) is 0 Å². The molecule has 4 nitrogen and oxygen atoms in total. The van der Waals surface area contributed by atoms with Gasteiger partial charge in [-0.1, -0.05) is 30.3 Å². The molecular weight excluding hydrogens is 266 g/mol. The van der Waals surface area contributed by atoms with Crippen LogP contribution in [0.15, 0.2) is 48.5 Å². The summed E-state index contributed by atoms with van der Waals surface area (Å²) in [5, 5.41) is 12.8. The standard InChI is InChI=1S/C17H17NO3/c19-15(12-4-2-1-3-5-12)11-18-17(20)14-6-7-16-13(10-14)8-9-21-16/h1-7,10,15,19H,8-9,11H2,(H,18,20). The van der Waals surface area contributed by atoms with E-state index in [0.717, 1.165) is 23.3 Å². The molecule has 0 aromatic heterocycles. The molecule has 21 heavy (non-hydrogen) atoms. The highest BCUT2D eigenvalue weighted by Crippen LogP contribution is 2.25. The van der Waals surface area contributed by atoms with Crippen LogP contribution < -0.4 is 10.1 Å². The van der Waals surface area contributed by atoms with Crippen LogP contribution in [0.3, 0.4) is 0 Å². The lowest BCUT2D eigenvalue weighted by atomic mass is 10.1. The molecule has 0 bridgehead atoms. The molecule has 1 aliphatic heterocycles. The van der Waals surface area contributed by atoms with Crippen molar-refractivity contribution >= 4 is 5.91 Å². The number of carbonyl (C=O) groups excluding carboxylic acids is 1. The number of nitrogens with one attached hydrogen (secondary N) is 1. The fourth-order valence-electron chi connectivity index (χ4n) is 2.41. The molecule has 3 rings (SSSR count). The quantitative estimate of drug-likeness (QED) is 0.903. The van der Waals surface area contributed by atoms with Gasteiger partial charge in [-0.25, -0.2) is 0 Å². The first-order chi connectivity index (χ1) is 10.2. The number of amides is 1. The highest BCUT2D eigenvalue weighted by molar-refractivity contribution is 5.94. The molecule has 0 aliphatic carbocycles. The van der Waals surface area contributed by atoms with E-state index in [1.165, 1.54) is 0 Å². The first kappa shape index (κ1) is 13.6. The topological polar surface area (TPSA) is 58.6 Å². The van der Waals surface area contributed by atoms with Gasteiger partial charge in [-0.3, -0.25) is 4.79 Å². The molecule has 1 aliphatic rings. The van der Waals surface area contributed by atoms with Crippen LogP contribution >= 0.6 is 0 Å². The highest BCUT2D eigenvalue weighted by atomic mass is 16.5. The molecule has 1 amide bonds. The molecule has 2 aromatic rings. The molecule has 4 heteroatoms. The Labute approximate surface area is 123 Å². The van der Waals surface area contributed by atoms with Crippen LogP contribution in [-0.4, -0.2) is 24.2 Å². The predicted molar refractivity (Wildman–Crippen MR) is 79.4 cm³/mol. The number of fused-ring (bicyclic) bond motifs is 1. The number of aliphatic hydroxyl groups excluding tert-OH is 1. The maximum absolute atomic E-state index is 12.1. The molecule has 1 heterocycles. The Balaban J connectivity index is 1.62. The number of hydrogen-bond donors (Lipinski definition) is 2. The van der Waals surface area contributed by atoms with Crippen LogP contribution in [0.1, 0.15) is 27.6 Å². The van der Waals surface area contributed by atoms with Crippen molar-refractivity contribution in [2.45, 2.75) is 12.5 Å². The Bertz CT molecular complexity index is 640. The van der Waals surface area contributed by atoms with Crippen LogP contribution in [0.2, 0.25) is 0 Å². The lowest BCUT2D eigenvalue weighted by Gasteiger charge is -2.12. The third-order valence-electron chi connectivity index (χ3n) is 3.59. The van der Waals surface area contributed by atoms with E-state index < -0.39 is 6.10 Å². The summed E-state index contributed by atoms with van der Waals surface area (Å²) < 4.78 is 5.42. The zero-order valence-electron chi connectivity index (χ0n) is 11.6. The van der Waals surface area contributed by atoms with Gasteiger partial charge in [0, 0.05) is 18.5 Å². The number of benzene rings is 2. The highest BCUT2D eigenvalue weighted by Gasteiger charge is 2.15. The summed E-state index contributed by atoms with van der Waals surface area (Å²) >= 11 is 0. The SMILES string of the molecule is O=C(NCC(O)c1ccccc1)c1ccc2c(c1)CCO2. The van der Waals surface area contributed by atoms with Crippen molar-refractivity contribution in [3.05, 3.63) is 65.2 Å². The summed E-state index contributed by atoms with van der Waals surface area (Å²) in [6.07, 6.45) is 0.135. The van der Waals surface area contributed by atoms with Crippen LogP contribution in [0.5, 0.6) is 5.75 Å². The second-order valence-electron chi connectivity index (χ2n) is 5.06. The van der Waals surface area contributed by atoms with E-state index >= 15 is 0 Å². The number of ether oxygens (including phenoxy) is 1. The maximum Gasteiger partial charge on any atom is 0.251 e. The Morgan fingerprint density at radius 2 is 2.05 bits per heavy atom. The Morgan fingerprint density at radius 3 is 2.86 bits per heavy atom. The summed E-state index contributed by atoms with van der Waals surface area (Å²) in [7, 11) is 0. The van der Waals surface area contributed by atoms with E-state index in [1.54, 1.807) is 6.07 Å². The number of carbonyl (C=O) groups is 1. The van der Waals surface area contributed by atoms with E-state index in [-0.39, 0.29) is 12.5 Å². The summed E-state index contributed by atoms with van der Waals surface area (Å²) in [4.78, 5) is 12.1. The Hall–Kier alpha value is -2.33. The molecule has 108 valence electrons. The van der Waals surface area contributed by atoms with Crippen molar-refractivity contribution in [3.63, 3.8) is 0 Å². The number of aliphatic hydroxyl groups is 1. The fourth-order valence-corrected chi connectivity index (χ4v) is 2.41. The van der Waals surface area contributed by atoms with Gasteiger partial charge in [0.2, 0.25) is 0 Å². The fraction of sp³-hybridized carbons (Fsp3) is 0.235. The van der Waals surface area contributed by atoms with Gasteiger partial charge in [-0.15, -0.1) is 0 Å². The van der Waals surface area contributed by atoms with Crippen LogP contribution in [0, 0.1) is 0 Å². The molecule has 0 saturated heterocycles. The van der Waals surface area contributed by atoms with Crippen molar-refractivity contribution in [2.24, 2.45) is 0 Å². The molecule has 1 atom stereocenters. The van der Waals surface area contributed by atoms with Gasteiger partial charge in [-0.2, -0.15) is 0 Å². The molecule has 0 spiro atoms. The molecule has 2 aromatic carbocycles. The Morgan fingerprint density at radius 1 is 1.24 bits per heavy atom. The number of hydrogen-bond acceptors (Lipinski definition) is 3. The smallest absolute Gasteiger partial charge is 0.251 e. The first-order valence-electron chi connectivity index (χ1n) is 7.01. The molecule has 0 saturated carbocycles. The van der Waals surface area contributed by atoms with E-state index in [2.05, 4.69) is 5.32 Å². The molecule has 1 unspecified atom stereocenters. The van der Waals surface area contributed by atoms with Gasteiger partial charge in [0.15, 0.2) is 0 Å². The van der Waals surface area contributed by atoms with E-state index in [4.69, 9.17) is 4.74 Å². The van der Waals surface area contributed by atoms with Crippen molar-refractivity contribution in [2.75, 3.05) is 13.2 Å². The third kappa shape index (κ3) is 3.06. The van der Waals surface area contributed by atoms with Crippen LogP contribution in [0.25, 0.3) is 0 Å². The second kappa shape index (κ2) is 5.97. The van der Waals surface area contributed by atoms with Gasteiger partial charge in [0.05, 0.1) is 12.7 Å². The summed E-state index contributed by atoms with van der Waals surface area (Å²) in [6, 6.07) is 14.7. The largest absolute Gasteiger partial charge is 0.493 e. The van der Waals surface area contributed by atoms with Gasteiger partial charge >= 0.3 is 0 Å². The number of rotatable bonds is 4. The van der Waals surface area contributed by atoms with Crippen molar-refractivity contribution in [1.82, 2.24) is 5.32 Å². The lowest BCUT2D eigenvalue weighted by Crippen LogP contribution is -2.28. The average Bonchev–Trinajstić information content (AvgIpc) is 3.00. The van der Waals surface area contributed by atoms with Crippen molar-refractivity contribution in [3.8, 4) is 5.75 Å². The minimum absolute atomic E-state index is 0.181. The zero-order valence-corrected chi connectivity index (χ0v) is 11.6. The molecule has 0 fully saturated rings. The van der Waals surface area contributed by atoms with Gasteiger partial charge in [-0.05, 0) is 29.3 Å². The molecule has 0 radical (unpaired) electrons. The predicted octanol–water partition coefficient (Wildman–Crippen LogP) is 2.08. The third-order valence-corrected chi connectivity index (χ3v) is 3.59. The van der Waals surface area contributed by atoms with Gasteiger partial charge in [0.25, 0.3) is 5.91 Å². The van der Waals surface area contributed by atoms with Gasteiger partial charge < -0.3 is 15.2 Å². The summed E-state index contributed by atoms with van der Waals surface area (Å²) in [5.41, 5.74) is 2.45. The monoisotopic (exact) mass is 283 g/mol. The van der Waals surface area contributed by atoms with Gasteiger partial charge in [0.1, 0.15) is 5.75 Å². The maximum atomic E-state index is 12.1. The minimum atomic E-state index is -0.701. The normalized spacial score (nSPS) is 14.1. The molecule has 2 N–H and O–H groups in total. The first-order valence-corrected chi connectivity index (χ1v) is 7.01. The van der Waals surface area contributed by atoms with Crippen LogP contribution in [-0.2, 0) is 6.42 Å². The Kier molecular flexibility index (Phi) is 3.88. The van der Waals surface area contributed by atoms with E-state index in [0.29, 0.717) is 12.2 Å². The second-order valence-corrected chi connectivity index (χ2v) is 5.06. The van der Waals surface area contributed by atoms with Crippen molar-refractivity contribution < 1.29 is 14.6 Å². The minimum Gasteiger partial charge on any atom is -0.493 e. The lowest BCUT2D eigenvalue weighted by molar-refractivity contribution is 0.0916. The molecular formula is C17H17NO3. The summed E-state index contributed by atoms with van der Waals surface area (Å²) in [5.74, 6) is 0.676. The van der Waals surface area contributed by atoms with Crippen LogP contribution in [0.4, 0.5) is 0 Å². The van der Waals surface area contributed by atoms with E-state index in [9.17, 15) is 9.90 Å².